The number of ether oxygens (including phenoxy) is 1. The van der Waals surface area contributed by atoms with Gasteiger partial charge in [0.15, 0.2) is 0 Å². The first-order valence-electron chi connectivity index (χ1n) is 6.20. The number of nitrogens with one attached hydrogen (secondary N) is 1. The molecule has 0 saturated carbocycles. The van der Waals surface area contributed by atoms with Gasteiger partial charge in [0.2, 0.25) is 0 Å². The molecule has 6 nitrogen and oxygen atoms in total. The van der Waals surface area contributed by atoms with E-state index in [4.69, 9.17) is 4.74 Å². The minimum atomic E-state index is -0.380. The van der Waals surface area contributed by atoms with E-state index in [-0.39, 0.29) is 17.4 Å². The van der Waals surface area contributed by atoms with Crippen LogP contribution in [0.5, 0.6) is 17.2 Å². The van der Waals surface area contributed by atoms with Crippen LogP contribution in [0.2, 0.25) is 0 Å². The van der Waals surface area contributed by atoms with Crippen LogP contribution in [0, 0.1) is 3.57 Å². The van der Waals surface area contributed by atoms with E-state index in [1.807, 2.05) is 0 Å². The van der Waals surface area contributed by atoms with Crippen molar-refractivity contribution in [2.24, 2.45) is 5.10 Å². The summed E-state index contributed by atoms with van der Waals surface area (Å²) in [4.78, 5) is 12.0. The molecule has 0 aromatic heterocycles. The van der Waals surface area contributed by atoms with Crippen LogP contribution in [0.1, 0.15) is 15.9 Å². The number of hydrogen-bond donors (Lipinski definition) is 3. The van der Waals surface area contributed by atoms with Crippen LogP contribution >= 0.6 is 22.6 Å². The molecule has 0 aliphatic carbocycles. The Bertz CT molecular complexity index is 731. The first-order valence-corrected chi connectivity index (χ1v) is 7.28. The van der Waals surface area contributed by atoms with E-state index in [2.05, 4.69) is 33.1 Å². The van der Waals surface area contributed by atoms with Gasteiger partial charge in [0, 0.05) is 17.2 Å². The average molecular weight is 412 g/mol. The Morgan fingerprint density at radius 1 is 1.27 bits per heavy atom. The monoisotopic (exact) mass is 412 g/mol. The molecule has 0 heterocycles. The molecule has 0 saturated heterocycles. The number of carbonyl (C=O) groups excluding carboxylic acids is 1. The van der Waals surface area contributed by atoms with Gasteiger partial charge < -0.3 is 14.9 Å². The van der Waals surface area contributed by atoms with Crippen molar-refractivity contribution in [2.75, 3.05) is 7.11 Å². The van der Waals surface area contributed by atoms with Gasteiger partial charge in [-0.05, 0) is 52.9 Å². The van der Waals surface area contributed by atoms with E-state index < -0.39 is 0 Å². The molecule has 2 rings (SSSR count). The summed E-state index contributed by atoms with van der Waals surface area (Å²) in [6.45, 7) is 0. The molecule has 0 fully saturated rings. The lowest BCUT2D eigenvalue weighted by Gasteiger charge is -2.05. The number of hydrazone groups is 1. The number of hydrogen-bond acceptors (Lipinski definition) is 5. The summed E-state index contributed by atoms with van der Waals surface area (Å²) in [6.07, 6.45) is 1.29. The maximum atomic E-state index is 12.0. The third-order valence-corrected chi connectivity index (χ3v) is 3.64. The van der Waals surface area contributed by atoms with E-state index in [1.54, 1.807) is 25.3 Å². The predicted molar refractivity (Wildman–Crippen MR) is 90.5 cm³/mol. The highest BCUT2D eigenvalue weighted by Gasteiger charge is 2.08. The molecule has 114 valence electrons. The topological polar surface area (TPSA) is 91.2 Å². The van der Waals surface area contributed by atoms with Crippen molar-refractivity contribution < 1.29 is 19.7 Å². The molecule has 0 aliphatic rings. The van der Waals surface area contributed by atoms with Crippen LogP contribution in [-0.4, -0.2) is 29.4 Å². The zero-order valence-electron chi connectivity index (χ0n) is 11.6. The summed E-state index contributed by atoms with van der Waals surface area (Å²) >= 11 is 2.07. The molecule has 1 amide bonds. The Morgan fingerprint density at radius 3 is 2.68 bits per heavy atom. The number of benzene rings is 2. The second kappa shape index (κ2) is 7.12. The molecule has 0 spiro atoms. The van der Waals surface area contributed by atoms with Crippen molar-refractivity contribution in [2.45, 2.75) is 0 Å². The Balaban J connectivity index is 2.06. The lowest BCUT2D eigenvalue weighted by molar-refractivity contribution is 0.0955. The molecule has 2 aromatic carbocycles. The SMILES string of the molecule is COc1ccc(C(=O)N/N=C\c2ccc(O)cc2O)cc1I. The highest BCUT2D eigenvalue weighted by molar-refractivity contribution is 14.1. The van der Waals surface area contributed by atoms with E-state index in [0.29, 0.717) is 16.9 Å². The number of phenolic OH excluding ortho intramolecular Hbond substituents is 2. The summed E-state index contributed by atoms with van der Waals surface area (Å²) in [6, 6.07) is 9.10. The zero-order chi connectivity index (χ0) is 16.1. The number of methoxy groups -OCH3 is 1. The number of amides is 1. The lowest BCUT2D eigenvalue weighted by Crippen LogP contribution is -2.17. The fourth-order valence-corrected chi connectivity index (χ4v) is 2.41. The molecule has 22 heavy (non-hydrogen) atoms. The van der Waals surface area contributed by atoms with Gasteiger partial charge in [-0.1, -0.05) is 0 Å². The van der Waals surface area contributed by atoms with Crippen molar-refractivity contribution in [1.82, 2.24) is 5.43 Å². The highest BCUT2D eigenvalue weighted by atomic mass is 127. The molecule has 0 atom stereocenters. The van der Waals surface area contributed by atoms with Crippen molar-refractivity contribution in [1.29, 1.82) is 0 Å². The molecule has 7 heteroatoms. The van der Waals surface area contributed by atoms with Gasteiger partial charge in [-0.3, -0.25) is 4.79 Å². The largest absolute Gasteiger partial charge is 0.508 e. The van der Waals surface area contributed by atoms with Crippen molar-refractivity contribution >= 4 is 34.7 Å². The van der Waals surface area contributed by atoms with Gasteiger partial charge in [0.05, 0.1) is 16.9 Å². The Labute approximate surface area is 140 Å². The molecular weight excluding hydrogens is 399 g/mol. The standard InChI is InChI=1S/C15H13IN2O4/c1-22-14-5-3-9(6-12(14)16)15(21)18-17-8-10-2-4-11(19)7-13(10)20/h2-8,19-20H,1H3,(H,18,21)/b17-8-. The number of rotatable bonds is 4. The van der Waals surface area contributed by atoms with E-state index in [0.717, 1.165) is 3.57 Å². The number of phenols is 2. The average Bonchev–Trinajstić information content (AvgIpc) is 2.49. The number of aromatic hydroxyl groups is 2. The maximum absolute atomic E-state index is 12.0. The first kappa shape index (κ1) is 16.1. The Hall–Kier alpha value is -2.29. The summed E-state index contributed by atoms with van der Waals surface area (Å²) in [5.74, 6) is 0.133. The molecule has 3 N–H and O–H groups in total. The van der Waals surface area contributed by atoms with Crippen molar-refractivity contribution in [3.63, 3.8) is 0 Å². The molecule has 0 radical (unpaired) electrons. The van der Waals surface area contributed by atoms with Gasteiger partial charge in [-0.2, -0.15) is 5.10 Å². The van der Waals surface area contributed by atoms with Crippen LogP contribution in [-0.2, 0) is 0 Å². The van der Waals surface area contributed by atoms with Crippen LogP contribution in [0.4, 0.5) is 0 Å². The minimum absolute atomic E-state index is 0.0495. The molecule has 2 aromatic rings. The normalized spacial score (nSPS) is 10.6. The quantitative estimate of drug-likeness (QED) is 0.409. The summed E-state index contributed by atoms with van der Waals surface area (Å²) in [5.41, 5.74) is 3.19. The van der Waals surface area contributed by atoms with Crippen LogP contribution < -0.4 is 10.2 Å². The van der Waals surface area contributed by atoms with Gasteiger partial charge in [0.25, 0.3) is 5.91 Å². The molecule has 0 aliphatic heterocycles. The zero-order valence-corrected chi connectivity index (χ0v) is 13.7. The number of nitrogens with zero attached hydrogens (tertiary/aromatic N) is 1. The van der Waals surface area contributed by atoms with E-state index in [9.17, 15) is 15.0 Å². The number of halogens is 1. The maximum Gasteiger partial charge on any atom is 0.271 e. The fourth-order valence-electron chi connectivity index (χ4n) is 1.67. The van der Waals surface area contributed by atoms with Crippen LogP contribution in [0.25, 0.3) is 0 Å². The second-order valence-electron chi connectivity index (χ2n) is 4.29. The summed E-state index contributed by atoms with van der Waals surface area (Å²) in [5, 5.41) is 22.6. The van der Waals surface area contributed by atoms with Crippen molar-refractivity contribution in [3.05, 3.63) is 51.1 Å². The van der Waals surface area contributed by atoms with Gasteiger partial charge in [0.1, 0.15) is 17.2 Å². The van der Waals surface area contributed by atoms with Crippen LogP contribution in [0.3, 0.4) is 0 Å². The summed E-state index contributed by atoms with van der Waals surface area (Å²) in [7, 11) is 1.56. The molecular formula is C15H13IN2O4. The third-order valence-electron chi connectivity index (χ3n) is 2.80. The van der Waals surface area contributed by atoms with Crippen LogP contribution in [0.15, 0.2) is 41.5 Å². The second-order valence-corrected chi connectivity index (χ2v) is 5.45. The smallest absolute Gasteiger partial charge is 0.271 e. The van der Waals surface area contributed by atoms with Gasteiger partial charge in [-0.15, -0.1) is 0 Å². The minimum Gasteiger partial charge on any atom is -0.508 e. The Morgan fingerprint density at radius 2 is 2.05 bits per heavy atom. The molecule has 0 bridgehead atoms. The van der Waals surface area contributed by atoms with Gasteiger partial charge >= 0.3 is 0 Å². The van der Waals surface area contributed by atoms with Crippen molar-refractivity contribution in [3.8, 4) is 17.2 Å². The number of carbonyl (C=O) groups is 1. The van der Waals surface area contributed by atoms with E-state index >= 15 is 0 Å². The third kappa shape index (κ3) is 3.88. The first-order chi connectivity index (χ1) is 10.5. The van der Waals surface area contributed by atoms with Gasteiger partial charge in [-0.25, -0.2) is 5.43 Å². The van der Waals surface area contributed by atoms with E-state index in [1.165, 1.54) is 24.4 Å². The molecule has 0 unspecified atom stereocenters. The summed E-state index contributed by atoms with van der Waals surface area (Å²) < 4.78 is 5.94. The highest BCUT2D eigenvalue weighted by Crippen LogP contribution is 2.22. The lowest BCUT2D eigenvalue weighted by atomic mass is 10.2. The fraction of sp³-hybridized carbons (Fsp3) is 0.0667. The Kier molecular flexibility index (Phi) is 5.21. The predicted octanol–water partition coefficient (Wildman–Crippen LogP) is 2.47.